The first kappa shape index (κ1) is 20.8. The fourth-order valence-electron chi connectivity index (χ4n) is 2.89. The van der Waals surface area contributed by atoms with Gasteiger partial charge in [0.1, 0.15) is 12.1 Å². The van der Waals surface area contributed by atoms with Crippen LogP contribution in [0.4, 0.5) is 0 Å². The lowest BCUT2D eigenvalue weighted by Gasteiger charge is -2.30. The van der Waals surface area contributed by atoms with Crippen molar-refractivity contribution in [3.05, 3.63) is 17.4 Å². The van der Waals surface area contributed by atoms with Gasteiger partial charge in [-0.25, -0.2) is 9.97 Å². The highest BCUT2D eigenvalue weighted by molar-refractivity contribution is 7.98. The van der Waals surface area contributed by atoms with Crippen molar-refractivity contribution in [3.63, 3.8) is 0 Å². The van der Waals surface area contributed by atoms with E-state index in [1.807, 2.05) is 6.26 Å². The van der Waals surface area contributed by atoms with Crippen molar-refractivity contribution >= 4 is 35.2 Å². The molecule has 2 amide bonds. The Kier molecular flexibility index (Phi) is 8.44. The Morgan fingerprint density at radius 2 is 1.96 bits per heavy atom. The second kappa shape index (κ2) is 10.6. The van der Waals surface area contributed by atoms with Crippen LogP contribution in [0.5, 0.6) is 6.01 Å². The number of hydrogen-bond acceptors (Lipinski definition) is 6. The van der Waals surface area contributed by atoms with Crippen molar-refractivity contribution in [2.75, 3.05) is 12.0 Å². The van der Waals surface area contributed by atoms with E-state index in [4.69, 9.17) is 16.3 Å². The fourth-order valence-corrected chi connectivity index (χ4v) is 3.46. The summed E-state index contributed by atoms with van der Waals surface area (Å²) in [5.41, 5.74) is 0. The van der Waals surface area contributed by atoms with Gasteiger partial charge >= 0.3 is 6.01 Å². The SMILES string of the molecule is CSCCC(NC(C)=O)C(=O)NC1CCC(Oc2ncc(Cl)cn2)CC1. The van der Waals surface area contributed by atoms with Crippen LogP contribution >= 0.6 is 23.4 Å². The van der Waals surface area contributed by atoms with Gasteiger partial charge in [0, 0.05) is 13.0 Å². The number of rotatable bonds is 8. The van der Waals surface area contributed by atoms with E-state index < -0.39 is 6.04 Å². The minimum Gasteiger partial charge on any atom is -0.460 e. The molecule has 1 aliphatic rings. The van der Waals surface area contributed by atoms with Gasteiger partial charge in [0.2, 0.25) is 11.8 Å². The molecule has 0 spiro atoms. The van der Waals surface area contributed by atoms with Gasteiger partial charge < -0.3 is 15.4 Å². The summed E-state index contributed by atoms with van der Waals surface area (Å²) in [6.45, 7) is 1.43. The Labute approximate surface area is 163 Å². The van der Waals surface area contributed by atoms with E-state index in [0.717, 1.165) is 31.4 Å². The van der Waals surface area contributed by atoms with E-state index in [1.54, 1.807) is 11.8 Å². The summed E-state index contributed by atoms with van der Waals surface area (Å²) in [6, 6.07) is -0.0555. The number of aromatic nitrogens is 2. The number of amides is 2. The van der Waals surface area contributed by atoms with E-state index in [9.17, 15) is 9.59 Å². The Bertz CT molecular complexity index is 594. The first-order chi connectivity index (χ1) is 12.5. The van der Waals surface area contributed by atoms with Gasteiger partial charge in [-0.05, 0) is 44.1 Å². The molecule has 1 aromatic heterocycles. The molecule has 7 nitrogen and oxygen atoms in total. The van der Waals surface area contributed by atoms with Crippen LogP contribution in [-0.4, -0.2) is 52.0 Å². The van der Waals surface area contributed by atoms with Gasteiger partial charge in [-0.15, -0.1) is 0 Å². The third-order valence-electron chi connectivity index (χ3n) is 4.19. The first-order valence-electron chi connectivity index (χ1n) is 8.68. The molecule has 1 fully saturated rings. The van der Waals surface area contributed by atoms with Crippen molar-refractivity contribution in [2.45, 2.75) is 57.2 Å². The molecule has 26 heavy (non-hydrogen) atoms. The fraction of sp³-hybridized carbons (Fsp3) is 0.647. The predicted molar refractivity (Wildman–Crippen MR) is 102 cm³/mol. The molecule has 0 aliphatic heterocycles. The number of ether oxygens (including phenoxy) is 1. The summed E-state index contributed by atoms with van der Waals surface area (Å²) >= 11 is 7.42. The molecule has 0 aromatic carbocycles. The Morgan fingerprint density at radius 1 is 1.31 bits per heavy atom. The van der Waals surface area contributed by atoms with Crippen molar-refractivity contribution < 1.29 is 14.3 Å². The molecular weight excluding hydrogens is 376 g/mol. The van der Waals surface area contributed by atoms with Crippen LogP contribution in [0.25, 0.3) is 0 Å². The molecule has 1 aliphatic carbocycles. The van der Waals surface area contributed by atoms with E-state index in [0.29, 0.717) is 17.5 Å². The minimum atomic E-state index is -0.476. The number of hydrogen-bond donors (Lipinski definition) is 2. The van der Waals surface area contributed by atoms with Crippen LogP contribution in [0.15, 0.2) is 12.4 Å². The quantitative estimate of drug-likeness (QED) is 0.694. The molecule has 1 aromatic rings. The van der Waals surface area contributed by atoms with Crippen molar-refractivity contribution in [1.82, 2.24) is 20.6 Å². The van der Waals surface area contributed by atoms with Gasteiger partial charge in [0.15, 0.2) is 0 Å². The van der Waals surface area contributed by atoms with Gasteiger partial charge in [0.25, 0.3) is 0 Å². The van der Waals surface area contributed by atoms with Crippen LogP contribution in [-0.2, 0) is 9.59 Å². The Hall–Kier alpha value is -1.54. The van der Waals surface area contributed by atoms with Gasteiger partial charge in [-0.2, -0.15) is 11.8 Å². The third kappa shape index (κ3) is 6.99. The van der Waals surface area contributed by atoms with E-state index in [2.05, 4.69) is 20.6 Å². The number of carbonyl (C=O) groups is 2. The third-order valence-corrected chi connectivity index (χ3v) is 5.03. The molecule has 0 bridgehead atoms. The Balaban J connectivity index is 1.78. The maximum absolute atomic E-state index is 12.5. The second-order valence-electron chi connectivity index (χ2n) is 6.32. The maximum Gasteiger partial charge on any atom is 0.316 e. The summed E-state index contributed by atoms with van der Waals surface area (Å²) in [5, 5.41) is 6.26. The van der Waals surface area contributed by atoms with E-state index >= 15 is 0 Å². The summed E-state index contributed by atoms with van der Waals surface area (Å²) in [6.07, 6.45) is 8.91. The molecule has 9 heteroatoms. The molecule has 1 atom stereocenters. The topological polar surface area (TPSA) is 93.2 Å². The maximum atomic E-state index is 12.5. The normalized spacial score (nSPS) is 20.9. The Morgan fingerprint density at radius 3 is 2.54 bits per heavy atom. The van der Waals surface area contributed by atoms with E-state index in [-0.39, 0.29) is 24.0 Å². The molecule has 2 N–H and O–H groups in total. The monoisotopic (exact) mass is 400 g/mol. The average Bonchev–Trinajstić information content (AvgIpc) is 2.62. The molecule has 1 heterocycles. The lowest BCUT2D eigenvalue weighted by Crippen LogP contribution is -2.50. The highest BCUT2D eigenvalue weighted by Crippen LogP contribution is 2.22. The molecule has 0 radical (unpaired) electrons. The van der Waals surface area contributed by atoms with Gasteiger partial charge in [-0.3, -0.25) is 9.59 Å². The predicted octanol–water partition coefficient (Wildman–Crippen LogP) is 2.19. The number of nitrogens with one attached hydrogen (secondary N) is 2. The highest BCUT2D eigenvalue weighted by atomic mass is 35.5. The smallest absolute Gasteiger partial charge is 0.316 e. The van der Waals surface area contributed by atoms with Gasteiger partial charge in [0.05, 0.1) is 17.4 Å². The summed E-state index contributed by atoms with van der Waals surface area (Å²) in [7, 11) is 0. The summed E-state index contributed by atoms with van der Waals surface area (Å²) in [4.78, 5) is 31.9. The van der Waals surface area contributed by atoms with Crippen LogP contribution in [0.3, 0.4) is 0 Å². The summed E-state index contributed by atoms with van der Waals surface area (Å²) in [5.74, 6) is 0.519. The molecular formula is C17H25ClN4O3S. The largest absolute Gasteiger partial charge is 0.460 e. The van der Waals surface area contributed by atoms with Crippen molar-refractivity contribution in [1.29, 1.82) is 0 Å². The molecule has 1 unspecified atom stereocenters. The molecule has 144 valence electrons. The molecule has 0 saturated heterocycles. The molecule has 1 saturated carbocycles. The zero-order valence-corrected chi connectivity index (χ0v) is 16.6. The lowest BCUT2D eigenvalue weighted by atomic mass is 9.92. The number of halogens is 1. The van der Waals surface area contributed by atoms with Gasteiger partial charge in [-0.1, -0.05) is 11.6 Å². The zero-order chi connectivity index (χ0) is 18.9. The molecule has 2 rings (SSSR count). The minimum absolute atomic E-state index is 0.0342. The van der Waals surface area contributed by atoms with Crippen molar-refractivity contribution in [3.8, 4) is 6.01 Å². The first-order valence-corrected chi connectivity index (χ1v) is 10.5. The zero-order valence-electron chi connectivity index (χ0n) is 15.0. The number of nitrogens with zero attached hydrogens (tertiary/aromatic N) is 2. The highest BCUT2D eigenvalue weighted by Gasteiger charge is 2.27. The summed E-state index contributed by atoms with van der Waals surface area (Å²) < 4.78 is 5.76. The average molecular weight is 401 g/mol. The van der Waals surface area contributed by atoms with Crippen LogP contribution in [0, 0.1) is 0 Å². The van der Waals surface area contributed by atoms with Crippen LogP contribution < -0.4 is 15.4 Å². The second-order valence-corrected chi connectivity index (χ2v) is 7.74. The number of carbonyl (C=O) groups excluding carboxylic acids is 2. The van der Waals surface area contributed by atoms with E-state index in [1.165, 1.54) is 19.3 Å². The van der Waals surface area contributed by atoms with Crippen molar-refractivity contribution in [2.24, 2.45) is 0 Å². The van der Waals surface area contributed by atoms with Crippen LogP contribution in [0.1, 0.15) is 39.0 Å². The lowest BCUT2D eigenvalue weighted by molar-refractivity contribution is -0.128. The standard InChI is InChI=1S/C17H25ClN4O3S/c1-11(23)21-15(7-8-26-2)16(24)22-13-3-5-14(6-4-13)25-17-19-9-12(18)10-20-17/h9-10,13-15H,3-8H2,1-2H3,(H,21,23)(H,22,24). The van der Waals surface area contributed by atoms with Crippen LogP contribution in [0.2, 0.25) is 5.02 Å². The number of thioether (sulfide) groups is 1.